The molecule has 5 nitrogen and oxygen atoms in total. The van der Waals surface area contributed by atoms with Gasteiger partial charge in [0.25, 0.3) is 0 Å². The van der Waals surface area contributed by atoms with E-state index in [1.165, 1.54) is 11.3 Å². The summed E-state index contributed by atoms with van der Waals surface area (Å²) < 4.78 is 0. The van der Waals surface area contributed by atoms with Crippen LogP contribution in [0.3, 0.4) is 0 Å². The third-order valence-corrected chi connectivity index (χ3v) is 4.58. The minimum absolute atomic E-state index is 0.110. The number of hydrogen-bond donors (Lipinski definition) is 3. The molecule has 7 heteroatoms. The molecule has 0 radical (unpaired) electrons. The summed E-state index contributed by atoms with van der Waals surface area (Å²) in [4.78, 5) is 1.49. The van der Waals surface area contributed by atoms with Crippen molar-refractivity contribution in [2.45, 2.75) is 17.9 Å². The smallest absolute Gasteiger partial charge is 0.131 e. The fourth-order valence-electron chi connectivity index (χ4n) is 1.59. The highest BCUT2D eigenvalue weighted by Gasteiger charge is 2.17. The van der Waals surface area contributed by atoms with Crippen LogP contribution in [0.25, 0.3) is 0 Å². The van der Waals surface area contributed by atoms with Crippen molar-refractivity contribution in [3.63, 3.8) is 0 Å². The standard InChI is InChI=1S/C11H13N5S2/c1-6(7-4-14-15-5-7)16-11-10(17-2)9(13)8(3-12)18-11/h4-6,16H,13H2,1-2H3,(H,14,15). The van der Waals surface area contributed by atoms with Gasteiger partial charge in [-0.05, 0) is 13.2 Å². The van der Waals surface area contributed by atoms with Crippen LogP contribution < -0.4 is 11.1 Å². The second kappa shape index (κ2) is 5.33. The molecule has 0 saturated heterocycles. The number of nitrogens with zero attached hydrogens (tertiary/aromatic N) is 2. The third kappa shape index (κ3) is 2.30. The van der Waals surface area contributed by atoms with E-state index in [0.717, 1.165) is 15.5 Å². The Balaban J connectivity index is 2.27. The van der Waals surface area contributed by atoms with Crippen LogP contribution in [0.5, 0.6) is 0 Å². The summed E-state index contributed by atoms with van der Waals surface area (Å²) in [7, 11) is 0. The van der Waals surface area contributed by atoms with Crippen molar-refractivity contribution in [3.8, 4) is 6.07 Å². The average Bonchev–Trinajstić information content (AvgIpc) is 2.97. The van der Waals surface area contributed by atoms with E-state index >= 15 is 0 Å². The molecule has 0 aliphatic rings. The predicted molar refractivity (Wildman–Crippen MR) is 75.9 cm³/mol. The van der Waals surface area contributed by atoms with E-state index in [4.69, 9.17) is 11.0 Å². The summed E-state index contributed by atoms with van der Waals surface area (Å²) in [5.74, 6) is 0. The minimum atomic E-state index is 0.110. The van der Waals surface area contributed by atoms with Gasteiger partial charge in [0.1, 0.15) is 15.9 Å². The quantitative estimate of drug-likeness (QED) is 0.749. The van der Waals surface area contributed by atoms with Crippen molar-refractivity contribution in [2.24, 2.45) is 0 Å². The molecule has 0 bridgehead atoms. The molecule has 18 heavy (non-hydrogen) atoms. The summed E-state index contributed by atoms with van der Waals surface area (Å²) in [6, 6.07) is 2.23. The van der Waals surface area contributed by atoms with E-state index in [1.807, 2.05) is 19.4 Å². The van der Waals surface area contributed by atoms with Gasteiger partial charge >= 0.3 is 0 Å². The van der Waals surface area contributed by atoms with Gasteiger partial charge in [-0.15, -0.1) is 23.1 Å². The maximum atomic E-state index is 9.00. The Bertz CT molecular complexity index is 567. The Labute approximate surface area is 113 Å². The molecule has 0 fully saturated rings. The predicted octanol–water partition coefficient (Wildman–Crippen LogP) is 2.82. The maximum Gasteiger partial charge on any atom is 0.131 e. The summed E-state index contributed by atoms with van der Waals surface area (Å²) in [6.45, 7) is 2.04. The van der Waals surface area contributed by atoms with E-state index in [1.54, 1.807) is 18.0 Å². The Hall–Kier alpha value is -1.65. The molecule has 2 aromatic heterocycles. The first-order valence-corrected chi connectivity index (χ1v) is 7.33. The lowest BCUT2D eigenvalue weighted by molar-refractivity contribution is 0.887. The molecule has 0 saturated carbocycles. The van der Waals surface area contributed by atoms with E-state index in [0.29, 0.717) is 10.6 Å². The molecule has 4 N–H and O–H groups in total. The molecule has 0 aromatic carbocycles. The molecular weight excluding hydrogens is 266 g/mol. The number of hydrogen-bond acceptors (Lipinski definition) is 6. The Morgan fingerprint density at radius 2 is 2.44 bits per heavy atom. The SMILES string of the molecule is CSc1c(NC(C)c2cn[nH]c2)sc(C#N)c1N. The van der Waals surface area contributed by atoms with Gasteiger partial charge in [-0.3, -0.25) is 5.10 Å². The van der Waals surface area contributed by atoms with Crippen molar-refractivity contribution in [1.29, 1.82) is 5.26 Å². The van der Waals surface area contributed by atoms with E-state index in [2.05, 4.69) is 21.6 Å². The zero-order valence-electron chi connectivity index (χ0n) is 10.0. The van der Waals surface area contributed by atoms with Gasteiger partial charge in [-0.1, -0.05) is 0 Å². The fraction of sp³-hybridized carbons (Fsp3) is 0.273. The van der Waals surface area contributed by atoms with Crippen LogP contribution in [0, 0.1) is 11.3 Å². The maximum absolute atomic E-state index is 9.00. The van der Waals surface area contributed by atoms with Crippen LogP contribution in [0.4, 0.5) is 10.7 Å². The highest BCUT2D eigenvalue weighted by Crippen LogP contribution is 2.42. The molecule has 2 rings (SSSR count). The second-order valence-electron chi connectivity index (χ2n) is 3.72. The largest absolute Gasteiger partial charge is 0.396 e. The summed E-state index contributed by atoms with van der Waals surface area (Å²) in [5, 5.41) is 20.0. The molecular formula is C11H13N5S2. The van der Waals surface area contributed by atoms with Crippen LogP contribution in [0.2, 0.25) is 0 Å². The highest BCUT2D eigenvalue weighted by atomic mass is 32.2. The fourth-order valence-corrected chi connectivity index (χ4v) is 3.49. The third-order valence-electron chi connectivity index (χ3n) is 2.57. The Kier molecular flexibility index (Phi) is 3.79. The van der Waals surface area contributed by atoms with E-state index in [9.17, 15) is 0 Å². The number of aromatic amines is 1. The zero-order valence-corrected chi connectivity index (χ0v) is 11.7. The van der Waals surface area contributed by atoms with Crippen molar-refractivity contribution in [2.75, 3.05) is 17.3 Å². The number of thiophene rings is 1. The summed E-state index contributed by atoms with van der Waals surface area (Å²) in [6.07, 6.45) is 5.57. The van der Waals surface area contributed by atoms with Gasteiger partial charge < -0.3 is 11.1 Å². The van der Waals surface area contributed by atoms with Gasteiger partial charge in [0.2, 0.25) is 0 Å². The van der Waals surface area contributed by atoms with Crippen LogP contribution in [0.15, 0.2) is 17.3 Å². The molecule has 94 valence electrons. The first-order chi connectivity index (χ1) is 8.67. The van der Waals surface area contributed by atoms with E-state index in [-0.39, 0.29) is 6.04 Å². The number of anilines is 2. The average molecular weight is 279 g/mol. The number of aromatic nitrogens is 2. The molecule has 0 aliphatic carbocycles. The highest BCUT2D eigenvalue weighted by molar-refractivity contribution is 7.99. The minimum Gasteiger partial charge on any atom is -0.396 e. The first kappa shape index (κ1) is 12.8. The van der Waals surface area contributed by atoms with Crippen molar-refractivity contribution in [1.82, 2.24) is 10.2 Å². The molecule has 0 aliphatic heterocycles. The van der Waals surface area contributed by atoms with Crippen LogP contribution in [-0.4, -0.2) is 16.5 Å². The van der Waals surface area contributed by atoms with Crippen LogP contribution in [0.1, 0.15) is 23.4 Å². The van der Waals surface area contributed by atoms with Crippen molar-refractivity contribution < 1.29 is 0 Å². The van der Waals surface area contributed by atoms with Crippen LogP contribution in [-0.2, 0) is 0 Å². The molecule has 0 spiro atoms. The van der Waals surface area contributed by atoms with Gasteiger partial charge in [-0.25, -0.2) is 0 Å². The van der Waals surface area contributed by atoms with Gasteiger partial charge in [-0.2, -0.15) is 10.4 Å². The zero-order chi connectivity index (χ0) is 13.1. The number of nitriles is 1. The first-order valence-electron chi connectivity index (χ1n) is 5.29. The summed E-state index contributed by atoms with van der Waals surface area (Å²) in [5.41, 5.74) is 7.56. The van der Waals surface area contributed by atoms with Crippen LogP contribution >= 0.6 is 23.1 Å². The Morgan fingerprint density at radius 1 is 1.67 bits per heavy atom. The normalized spacial score (nSPS) is 12.1. The molecule has 2 heterocycles. The number of thioether (sulfide) groups is 1. The van der Waals surface area contributed by atoms with Crippen molar-refractivity contribution >= 4 is 33.8 Å². The lowest BCUT2D eigenvalue weighted by Crippen LogP contribution is -2.05. The molecule has 2 aromatic rings. The lowest BCUT2D eigenvalue weighted by Gasteiger charge is -2.12. The second-order valence-corrected chi connectivity index (χ2v) is 5.55. The number of nitrogens with one attached hydrogen (secondary N) is 2. The number of H-pyrrole nitrogens is 1. The Morgan fingerprint density at radius 3 is 3.00 bits per heavy atom. The molecule has 0 amide bonds. The number of nitrogens with two attached hydrogens (primary N) is 1. The van der Waals surface area contributed by atoms with Gasteiger partial charge in [0, 0.05) is 11.8 Å². The summed E-state index contributed by atoms with van der Waals surface area (Å²) >= 11 is 2.93. The van der Waals surface area contributed by atoms with E-state index < -0.39 is 0 Å². The van der Waals surface area contributed by atoms with Gasteiger partial charge in [0.05, 0.1) is 22.8 Å². The monoisotopic (exact) mass is 279 g/mol. The van der Waals surface area contributed by atoms with Gasteiger partial charge in [0.15, 0.2) is 0 Å². The van der Waals surface area contributed by atoms with Crippen molar-refractivity contribution in [3.05, 3.63) is 22.8 Å². The topological polar surface area (TPSA) is 90.5 Å². The lowest BCUT2D eigenvalue weighted by atomic mass is 10.2. The molecule has 1 atom stereocenters. The number of rotatable bonds is 4. The number of nitrogen functional groups attached to an aromatic ring is 1. The molecule has 1 unspecified atom stereocenters.